The van der Waals surface area contributed by atoms with Gasteiger partial charge in [0.05, 0.1) is 12.2 Å². The van der Waals surface area contributed by atoms with Gasteiger partial charge in [-0.3, -0.25) is 9.69 Å². The van der Waals surface area contributed by atoms with Crippen LogP contribution in [-0.2, 0) is 22.6 Å². The second-order valence-corrected chi connectivity index (χ2v) is 6.64. The standard InChI is InChI=1S/C18H28N2O2/c1-13(2)18(21)19-9-16-5-7-17(8-6-16)12-20-10-14(3)22-15(4)11-20/h5-8,13-15H,9-12H2,1-4H3,(H,19,21)/t14-,15-/m0/s1. The lowest BCUT2D eigenvalue weighted by Crippen LogP contribution is -2.44. The van der Waals surface area contributed by atoms with Crippen molar-refractivity contribution >= 4 is 5.91 Å². The molecule has 2 rings (SSSR count). The van der Waals surface area contributed by atoms with Gasteiger partial charge in [-0.1, -0.05) is 38.1 Å². The molecule has 0 spiro atoms. The molecule has 4 nitrogen and oxygen atoms in total. The second-order valence-electron chi connectivity index (χ2n) is 6.64. The van der Waals surface area contributed by atoms with Gasteiger partial charge < -0.3 is 10.1 Å². The number of benzene rings is 1. The maximum absolute atomic E-state index is 11.6. The molecule has 22 heavy (non-hydrogen) atoms. The molecule has 0 aromatic heterocycles. The van der Waals surface area contributed by atoms with Crippen molar-refractivity contribution in [1.29, 1.82) is 0 Å². The summed E-state index contributed by atoms with van der Waals surface area (Å²) in [5.74, 6) is 0.130. The minimum atomic E-state index is 0.0320. The number of morpholine rings is 1. The van der Waals surface area contributed by atoms with Crippen LogP contribution in [0.2, 0.25) is 0 Å². The van der Waals surface area contributed by atoms with Gasteiger partial charge in [-0.2, -0.15) is 0 Å². The fourth-order valence-corrected chi connectivity index (χ4v) is 2.83. The Bertz CT molecular complexity index is 474. The third-order valence-corrected chi connectivity index (χ3v) is 3.92. The maximum atomic E-state index is 11.6. The number of rotatable bonds is 5. The van der Waals surface area contributed by atoms with E-state index in [2.05, 4.69) is 48.3 Å². The van der Waals surface area contributed by atoms with Crippen molar-refractivity contribution in [3.05, 3.63) is 35.4 Å². The zero-order chi connectivity index (χ0) is 16.1. The van der Waals surface area contributed by atoms with Crippen molar-refractivity contribution in [1.82, 2.24) is 10.2 Å². The fraction of sp³-hybridized carbons (Fsp3) is 0.611. The lowest BCUT2D eigenvalue weighted by molar-refractivity contribution is -0.124. The first-order valence-corrected chi connectivity index (χ1v) is 8.17. The Balaban J connectivity index is 1.85. The molecule has 1 heterocycles. The van der Waals surface area contributed by atoms with E-state index < -0.39 is 0 Å². The summed E-state index contributed by atoms with van der Waals surface area (Å²) in [5, 5.41) is 2.94. The highest BCUT2D eigenvalue weighted by Gasteiger charge is 2.21. The second kappa shape index (κ2) is 7.75. The van der Waals surface area contributed by atoms with E-state index in [0.29, 0.717) is 18.8 Å². The first-order valence-electron chi connectivity index (χ1n) is 8.17. The minimum Gasteiger partial charge on any atom is -0.373 e. The molecule has 0 aliphatic carbocycles. The zero-order valence-electron chi connectivity index (χ0n) is 14.1. The summed E-state index contributed by atoms with van der Waals surface area (Å²) in [6.07, 6.45) is 0.600. The van der Waals surface area contributed by atoms with Gasteiger partial charge in [0, 0.05) is 32.1 Å². The largest absolute Gasteiger partial charge is 0.373 e. The number of carbonyl (C=O) groups excluding carboxylic acids is 1. The Morgan fingerprint density at radius 2 is 1.73 bits per heavy atom. The monoisotopic (exact) mass is 304 g/mol. The van der Waals surface area contributed by atoms with Gasteiger partial charge in [-0.05, 0) is 25.0 Å². The van der Waals surface area contributed by atoms with Crippen molar-refractivity contribution in [3.63, 3.8) is 0 Å². The summed E-state index contributed by atoms with van der Waals surface area (Å²) >= 11 is 0. The molecule has 1 aliphatic rings. The molecule has 1 aliphatic heterocycles. The molecule has 122 valence electrons. The zero-order valence-corrected chi connectivity index (χ0v) is 14.1. The number of ether oxygens (including phenoxy) is 1. The molecule has 0 bridgehead atoms. The molecular weight excluding hydrogens is 276 g/mol. The van der Waals surface area contributed by atoms with Crippen LogP contribution in [0, 0.1) is 5.92 Å². The molecule has 2 atom stereocenters. The van der Waals surface area contributed by atoms with E-state index in [9.17, 15) is 4.79 Å². The maximum Gasteiger partial charge on any atom is 0.222 e. The van der Waals surface area contributed by atoms with E-state index in [1.54, 1.807) is 0 Å². The van der Waals surface area contributed by atoms with Crippen LogP contribution in [0.3, 0.4) is 0 Å². The molecule has 1 saturated heterocycles. The van der Waals surface area contributed by atoms with E-state index in [4.69, 9.17) is 4.74 Å². The minimum absolute atomic E-state index is 0.0320. The van der Waals surface area contributed by atoms with Gasteiger partial charge >= 0.3 is 0 Å². The summed E-state index contributed by atoms with van der Waals surface area (Å²) in [7, 11) is 0. The fourth-order valence-electron chi connectivity index (χ4n) is 2.83. The van der Waals surface area contributed by atoms with Crippen LogP contribution in [0.25, 0.3) is 0 Å². The smallest absolute Gasteiger partial charge is 0.222 e. The predicted molar refractivity (Wildman–Crippen MR) is 88.4 cm³/mol. The number of amides is 1. The molecular formula is C18H28N2O2. The Labute approximate surface area is 133 Å². The van der Waals surface area contributed by atoms with Crippen molar-refractivity contribution < 1.29 is 9.53 Å². The molecule has 1 aromatic rings. The van der Waals surface area contributed by atoms with Crippen molar-refractivity contribution in [2.45, 2.75) is 53.0 Å². The SMILES string of the molecule is CC(C)C(=O)NCc1ccc(CN2C[C@H](C)O[C@@H](C)C2)cc1. The lowest BCUT2D eigenvalue weighted by Gasteiger charge is -2.35. The average Bonchev–Trinajstić information content (AvgIpc) is 2.45. The highest BCUT2D eigenvalue weighted by molar-refractivity contribution is 5.77. The van der Waals surface area contributed by atoms with Gasteiger partial charge in [-0.15, -0.1) is 0 Å². The Morgan fingerprint density at radius 3 is 2.27 bits per heavy atom. The van der Waals surface area contributed by atoms with Crippen LogP contribution in [0.15, 0.2) is 24.3 Å². The van der Waals surface area contributed by atoms with Gasteiger partial charge in [0.1, 0.15) is 0 Å². The molecule has 1 aromatic carbocycles. The first kappa shape index (κ1) is 17.0. The van der Waals surface area contributed by atoms with Gasteiger partial charge in [0.25, 0.3) is 0 Å². The van der Waals surface area contributed by atoms with Gasteiger partial charge in [-0.25, -0.2) is 0 Å². The topological polar surface area (TPSA) is 41.6 Å². The normalized spacial score (nSPS) is 22.8. The highest BCUT2D eigenvalue weighted by Crippen LogP contribution is 2.14. The van der Waals surface area contributed by atoms with Crippen molar-refractivity contribution in [2.24, 2.45) is 5.92 Å². The van der Waals surface area contributed by atoms with E-state index in [1.807, 2.05) is 13.8 Å². The number of carbonyl (C=O) groups is 1. The highest BCUT2D eigenvalue weighted by atomic mass is 16.5. The van der Waals surface area contributed by atoms with E-state index in [-0.39, 0.29) is 11.8 Å². The van der Waals surface area contributed by atoms with Crippen molar-refractivity contribution in [2.75, 3.05) is 13.1 Å². The van der Waals surface area contributed by atoms with Crippen LogP contribution in [-0.4, -0.2) is 36.1 Å². The molecule has 1 amide bonds. The molecule has 0 unspecified atom stereocenters. The molecule has 1 fully saturated rings. The molecule has 1 N–H and O–H groups in total. The Hall–Kier alpha value is -1.39. The van der Waals surface area contributed by atoms with Crippen LogP contribution in [0.1, 0.15) is 38.8 Å². The quantitative estimate of drug-likeness (QED) is 0.909. The van der Waals surface area contributed by atoms with E-state index in [1.165, 1.54) is 5.56 Å². The number of hydrogen-bond donors (Lipinski definition) is 1. The van der Waals surface area contributed by atoms with Gasteiger partial charge in [0.2, 0.25) is 5.91 Å². The predicted octanol–water partition coefficient (Wildman–Crippen LogP) is 2.57. The Kier molecular flexibility index (Phi) is 5.98. The lowest BCUT2D eigenvalue weighted by atomic mass is 10.1. The van der Waals surface area contributed by atoms with Crippen LogP contribution < -0.4 is 5.32 Å². The molecule has 0 saturated carbocycles. The summed E-state index contributed by atoms with van der Waals surface area (Å²) in [5.41, 5.74) is 2.45. The van der Waals surface area contributed by atoms with Crippen LogP contribution in [0.4, 0.5) is 0 Å². The molecule has 0 radical (unpaired) electrons. The van der Waals surface area contributed by atoms with E-state index >= 15 is 0 Å². The van der Waals surface area contributed by atoms with Crippen LogP contribution in [0.5, 0.6) is 0 Å². The summed E-state index contributed by atoms with van der Waals surface area (Å²) in [6.45, 7) is 11.6. The van der Waals surface area contributed by atoms with Crippen molar-refractivity contribution in [3.8, 4) is 0 Å². The average molecular weight is 304 g/mol. The first-order chi connectivity index (χ1) is 10.4. The van der Waals surface area contributed by atoms with Crippen LogP contribution >= 0.6 is 0 Å². The third kappa shape index (κ3) is 5.11. The van der Waals surface area contributed by atoms with Gasteiger partial charge in [0.15, 0.2) is 0 Å². The number of nitrogens with one attached hydrogen (secondary N) is 1. The number of hydrogen-bond acceptors (Lipinski definition) is 3. The summed E-state index contributed by atoms with van der Waals surface area (Å²) < 4.78 is 5.76. The summed E-state index contributed by atoms with van der Waals surface area (Å²) in [4.78, 5) is 14.0. The number of nitrogens with zero attached hydrogens (tertiary/aromatic N) is 1. The van der Waals surface area contributed by atoms with E-state index in [0.717, 1.165) is 25.2 Å². The third-order valence-electron chi connectivity index (χ3n) is 3.92. The molecule has 4 heteroatoms. The summed E-state index contributed by atoms with van der Waals surface area (Å²) in [6, 6.07) is 8.51. The Morgan fingerprint density at radius 1 is 1.18 bits per heavy atom.